The number of hydrogen-bond acceptors (Lipinski definition) is 6. The van der Waals surface area contributed by atoms with Crippen LogP contribution in [0.3, 0.4) is 0 Å². The fraction of sp³-hybridized carbons (Fsp3) is 0.194. The van der Waals surface area contributed by atoms with Gasteiger partial charge in [0.05, 0.1) is 5.69 Å². The second-order valence-electron chi connectivity index (χ2n) is 23.5. The van der Waals surface area contributed by atoms with Gasteiger partial charge in [-0.1, -0.05) is 146 Å². The highest BCUT2D eigenvalue weighted by Crippen LogP contribution is 2.58. The van der Waals surface area contributed by atoms with E-state index in [2.05, 4.69) is 205 Å². The van der Waals surface area contributed by atoms with Crippen molar-refractivity contribution < 1.29 is 18.3 Å². The predicted molar refractivity (Wildman–Crippen MR) is 305 cm³/mol. The average Bonchev–Trinajstić information content (AvgIpc) is 4.07. The van der Waals surface area contributed by atoms with E-state index < -0.39 is 6.85 Å². The molecule has 0 N–H and O–H groups in total. The van der Waals surface area contributed by atoms with E-state index in [-0.39, 0.29) is 16.2 Å². The summed E-state index contributed by atoms with van der Waals surface area (Å²) in [5.41, 5.74) is 20.5. The van der Waals surface area contributed by atoms with Gasteiger partial charge in [-0.2, -0.15) is 0 Å². The van der Waals surface area contributed by atoms with E-state index in [0.717, 1.165) is 118 Å². The maximum absolute atomic E-state index is 7.24. The number of fused-ring (bicyclic) bond motifs is 15. The van der Waals surface area contributed by atoms with Crippen molar-refractivity contribution in [2.45, 2.75) is 84.5 Å². The Morgan fingerprint density at radius 2 is 1.12 bits per heavy atom. The van der Waals surface area contributed by atoms with Crippen LogP contribution in [-0.2, 0) is 16.2 Å². The molecule has 7 heteroatoms. The summed E-state index contributed by atoms with van der Waals surface area (Å²) >= 11 is 0. The van der Waals surface area contributed by atoms with E-state index in [0.29, 0.717) is 23.0 Å². The SMILES string of the molecule is Cc1cc2c(cc1N1c3cc4c(cc3B3c5c1cc1c(oc6ccccc61)c5-c1ccc5c(oc6ccccc65)c1N3c1ccc(C(C)(C)C)cc1-c1ccccc1)Oc1ccccc1O4)C(C)(C)CCC2(C)C. The predicted octanol–water partition coefficient (Wildman–Crippen LogP) is 17.7. The van der Waals surface area contributed by atoms with Crippen molar-refractivity contribution in [3.05, 3.63) is 186 Å². The van der Waals surface area contributed by atoms with Crippen molar-refractivity contribution in [1.29, 1.82) is 0 Å². The Morgan fingerprint density at radius 3 is 1.82 bits per heavy atom. The summed E-state index contributed by atoms with van der Waals surface area (Å²) in [7, 11) is 0. The minimum Gasteiger partial charge on any atom is -0.455 e. The number of ether oxygens (including phenoxy) is 2. The van der Waals surface area contributed by atoms with E-state index >= 15 is 0 Å². The first-order valence-electron chi connectivity index (χ1n) is 26.2. The van der Waals surface area contributed by atoms with Gasteiger partial charge in [0, 0.05) is 67.1 Å². The molecule has 6 nitrogen and oxygen atoms in total. The maximum Gasteiger partial charge on any atom is 0.333 e. The molecule has 15 rings (SSSR count). The summed E-state index contributed by atoms with van der Waals surface area (Å²) < 4.78 is 28.3. The van der Waals surface area contributed by atoms with Gasteiger partial charge in [-0.15, -0.1) is 0 Å². The first-order chi connectivity index (χ1) is 35.7. The van der Waals surface area contributed by atoms with Gasteiger partial charge in [0.25, 0.3) is 0 Å². The molecule has 0 amide bonds. The summed E-state index contributed by atoms with van der Waals surface area (Å²) in [6.45, 7) is 18.5. The van der Waals surface area contributed by atoms with E-state index in [1.807, 2.05) is 24.3 Å². The van der Waals surface area contributed by atoms with E-state index in [4.69, 9.17) is 18.3 Å². The lowest BCUT2D eigenvalue weighted by molar-refractivity contribution is 0.332. The molecule has 0 radical (unpaired) electrons. The fourth-order valence-corrected chi connectivity index (χ4v) is 13.0. The van der Waals surface area contributed by atoms with E-state index in [1.165, 1.54) is 22.3 Å². The summed E-state index contributed by atoms with van der Waals surface area (Å²) in [5, 5.41) is 4.27. The first-order valence-corrected chi connectivity index (χ1v) is 26.2. The molecule has 360 valence electrons. The molecular formula is C67H55BN2O4. The second-order valence-corrected chi connectivity index (χ2v) is 23.5. The number of anilines is 5. The molecule has 3 aliphatic heterocycles. The third kappa shape index (κ3) is 6.07. The molecule has 2 aromatic heterocycles. The zero-order valence-corrected chi connectivity index (χ0v) is 43.1. The van der Waals surface area contributed by atoms with Crippen molar-refractivity contribution in [1.82, 2.24) is 0 Å². The highest BCUT2D eigenvalue weighted by Gasteiger charge is 2.50. The monoisotopic (exact) mass is 962 g/mol. The van der Waals surface area contributed by atoms with Crippen molar-refractivity contribution >= 4 is 90.1 Å². The Labute approximate surface area is 431 Å². The minimum absolute atomic E-state index is 0.0319. The number of benzene rings is 9. The van der Waals surface area contributed by atoms with Gasteiger partial charge in [-0.25, -0.2) is 0 Å². The van der Waals surface area contributed by atoms with Gasteiger partial charge in [0.15, 0.2) is 28.6 Å². The zero-order chi connectivity index (χ0) is 50.2. The van der Waals surface area contributed by atoms with Crippen molar-refractivity contribution in [2.75, 3.05) is 9.71 Å². The van der Waals surface area contributed by atoms with Crippen LogP contribution in [0.15, 0.2) is 173 Å². The van der Waals surface area contributed by atoms with Gasteiger partial charge in [-0.3, -0.25) is 0 Å². The summed E-state index contributed by atoms with van der Waals surface area (Å²) in [6, 6.07) is 59.4. The summed E-state index contributed by atoms with van der Waals surface area (Å²) in [4.78, 5) is 5.15. The number of aryl methyl sites for hydroxylation is 1. The normalized spacial score (nSPS) is 15.8. The summed E-state index contributed by atoms with van der Waals surface area (Å²) in [5.74, 6) is 2.72. The maximum atomic E-state index is 7.24. The van der Waals surface area contributed by atoms with E-state index in [1.54, 1.807) is 0 Å². The van der Waals surface area contributed by atoms with Gasteiger partial charge >= 0.3 is 6.85 Å². The molecule has 0 unspecified atom stereocenters. The number of furan rings is 2. The van der Waals surface area contributed by atoms with Crippen molar-refractivity contribution in [3.63, 3.8) is 0 Å². The average molecular weight is 963 g/mol. The number of hydrogen-bond donors (Lipinski definition) is 0. The molecule has 4 aliphatic rings. The van der Waals surface area contributed by atoms with E-state index in [9.17, 15) is 0 Å². The Bertz CT molecular complexity index is 4230. The third-order valence-electron chi connectivity index (χ3n) is 17.0. The van der Waals surface area contributed by atoms with Gasteiger partial charge in [0.2, 0.25) is 0 Å². The Kier molecular flexibility index (Phi) is 8.79. The molecule has 5 heterocycles. The molecule has 0 fully saturated rings. The molecule has 0 saturated carbocycles. The smallest absolute Gasteiger partial charge is 0.333 e. The first kappa shape index (κ1) is 43.4. The Morgan fingerprint density at radius 1 is 0.500 bits per heavy atom. The molecule has 0 spiro atoms. The topological polar surface area (TPSA) is 51.2 Å². The number of nitrogens with zero attached hydrogens (tertiary/aromatic N) is 2. The van der Waals surface area contributed by atoms with Crippen LogP contribution in [0.1, 0.15) is 83.6 Å². The molecule has 74 heavy (non-hydrogen) atoms. The van der Waals surface area contributed by atoms with Crippen LogP contribution in [-0.4, -0.2) is 6.85 Å². The van der Waals surface area contributed by atoms with Crippen LogP contribution in [0, 0.1) is 6.92 Å². The molecule has 1 aliphatic carbocycles. The van der Waals surface area contributed by atoms with Crippen LogP contribution < -0.4 is 30.1 Å². The van der Waals surface area contributed by atoms with Crippen LogP contribution in [0.2, 0.25) is 0 Å². The van der Waals surface area contributed by atoms with Crippen molar-refractivity contribution in [2.24, 2.45) is 0 Å². The van der Waals surface area contributed by atoms with Crippen LogP contribution in [0.5, 0.6) is 23.0 Å². The highest BCUT2D eigenvalue weighted by molar-refractivity contribution is 6.94. The zero-order valence-electron chi connectivity index (χ0n) is 43.1. The molecule has 0 bridgehead atoms. The van der Waals surface area contributed by atoms with Crippen LogP contribution >= 0.6 is 0 Å². The second kappa shape index (κ2) is 15.0. The quantitative estimate of drug-likeness (QED) is 0.164. The van der Waals surface area contributed by atoms with Gasteiger partial charge < -0.3 is 28.0 Å². The third-order valence-corrected chi connectivity index (χ3v) is 17.0. The van der Waals surface area contributed by atoms with Crippen LogP contribution in [0.4, 0.5) is 28.4 Å². The Hall–Kier alpha value is -8.16. The summed E-state index contributed by atoms with van der Waals surface area (Å²) in [6.07, 6.45) is 2.24. The lowest BCUT2D eigenvalue weighted by atomic mass is 9.43. The van der Waals surface area contributed by atoms with Gasteiger partial charge in [0.1, 0.15) is 16.7 Å². The molecule has 0 saturated heterocycles. The lowest BCUT2D eigenvalue weighted by Crippen LogP contribution is -2.61. The van der Waals surface area contributed by atoms with Crippen molar-refractivity contribution in [3.8, 4) is 45.3 Å². The molecular weight excluding hydrogens is 908 g/mol. The highest BCUT2D eigenvalue weighted by atomic mass is 16.6. The minimum atomic E-state index is -0.419. The largest absolute Gasteiger partial charge is 0.455 e. The Balaban J connectivity index is 1.14. The van der Waals surface area contributed by atoms with Crippen LogP contribution in [0.25, 0.3) is 66.1 Å². The molecule has 9 aromatic carbocycles. The van der Waals surface area contributed by atoms with Gasteiger partial charge in [-0.05, 0) is 135 Å². The fourth-order valence-electron chi connectivity index (χ4n) is 13.0. The molecule has 0 atom stereocenters. The number of para-hydroxylation sites is 4. The standard InChI is InChI=1S/C67H55BN2O4/c1-38-32-47-48(67(7,8)31-30-66(47,5)6)35-51(38)69-52-37-59-58(71-56-24-16-17-25-57(56)72-59)36-49(52)68-61-53(69)34-46-42-21-13-15-23-55(42)73-63(46)60(61)44-28-27-43-41-20-12-14-22-54(41)74-64(43)62(44)70(68)50-29-26-40(65(2,3)4)33-45(50)39-18-10-9-11-19-39/h9-29,32-37H,30-31H2,1-8H3. The lowest BCUT2D eigenvalue weighted by Gasteiger charge is -2.47. The number of rotatable bonds is 3. The molecule has 11 aromatic rings.